The molecular weight excluding hydrogens is 348 g/mol. The van der Waals surface area contributed by atoms with Gasteiger partial charge >= 0.3 is 6.03 Å². The second-order valence-electron chi connectivity index (χ2n) is 6.50. The Balaban J connectivity index is 1.84. The fraction of sp³-hybridized carbons (Fsp3) is 0.450. The number of thiophene rings is 1. The first-order chi connectivity index (χ1) is 12.6. The van der Waals surface area contributed by atoms with E-state index >= 15 is 0 Å². The van der Waals surface area contributed by atoms with Crippen molar-refractivity contribution in [2.24, 2.45) is 0 Å². The molecular formula is C20H26N2O3S. The molecule has 1 aliphatic heterocycles. The fourth-order valence-electron chi connectivity index (χ4n) is 3.38. The molecule has 1 aromatic carbocycles. The van der Waals surface area contributed by atoms with Gasteiger partial charge in [0, 0.05) is 22.4 Å². The number of benzene rings is 1. The van der Waals surface area contributed by atoms with Crippen molar-refractivity contribution in [1.29, 1.82) is 0 Å². The molecule has 5 nitrogen and oxygen atoms in total. The van der Waals surface area contributed by atoms with Crippen LogP contribution in [-0.2, 0) is 0 Å². The van der Waals surface area contributed by atoms with Crippen molar-refractivity contribution in [2.45, 2.75) is 38.6 Å². The predicted octanol–water partition coefficient (Wildman–Crippen LogP) is 5.22. The highest BCUT2D eigenvalue weighted by Crippen LogP contribution is 2.35. The molecule has 0 saturated carbocycles. The summed E-state index contributed by atoms with van der Waals surface area (Å²) in [6.45, 7) is 2.87. The maximum absolute atomic E-state index is 13.1. The van der Waals surface area contributed by atoms with Crippen molar-refractivity contribution in [3.8, 4) is 11.5 Å². The van der Waals surface area contributed by atoms with Gasteiger partial charge in [0.05, 0.1) is 25.9 Å². The van der Waals surface area contributed by atoms with Gasteiger partial charge in [-0.1, -0.05) is 12.8 Å². The van der Waals surface area contributed by atoms with Crippen LogP contribution in [0.3, 0.4) is 0 Å². The van der Waals surface area contributed by atoms with Crippen molar-refractivity contribution in [2.75, 3.05) is 26.1 Å². The molecule has 0 radical (unpaired) electrons. The topological polar surface area (TPSA) is 50.8 Å². The van der Waals surface area contributed by atoms with Crippen molar-refractivity contribution >= 4 is 23.1 Å². The van der Waals surface area contributed by atoms with E-state index in [9.17, 15) is 4.79 Å². The summed E-state index contributed by atoms with van der Waals surface area (Å²) in [5, 5.41) is 3.03. The summed E-state index contributed by atoms with van der Waals surface area (Å²) in [7, 11) is 3.21. The van der Waals surface area contributed by atoms with Crippen LogP contribution in [0.5, 0.6) is 11.5 Å². The third-order valence-corrected chi connectivity index (χ3v) is 5.85. The van der Waals surface area contributed by atoms with Crippen molar-refractivity contribution in [3.63, 3.8) is 0 Å². The summed E-state index contributed by atoms with van der Waals surface area (Å²) >= 11 is 1.78. The Morgan fingerprint density at radius 2 is 2.00 bits per heavy atom. The minimum Gasteiger partial charge on any atom is -0.497 e. The average Bonchev–Trinajstić information content (AvgIpc) is 2.93. The highest BCUT2D eigenvalue weighted by molar-refractivity contribution is 7.12. The third kappa shape index (κ3) is 4.12. The van der Waals surface area contributed by atoms with Gasteiger partial charge in [0.1, 0.15) is 11.5 Å². The van der Waals surface area contributed by atoms with E-state index in [1.54, 1.807) is 37.7 Å². The number of carbonyl (C=O) groups excluding carboxylic acids is 1. The van der Waals surface area contributed by atoms with E-state index in [2.05, 4.69) is 24.4 Å². The van der Waals surface area contributed by atoms with Gasteiger partial charge < -0.3 is 19.7 Å². The van der Waals surface area contributed by atoms with Crippen LogP contribution in [0.15, 0.2) is 30.3 Å². The lowest BCUT2D eigenvalue weighted by Gasteiger charge is -2.30. The Kier molecular flexibility index (Phi) is 6.04. The monoisotopic (exact) mass is 374 g/mol. The average molecular weight is 375 g/mol. The number of methoxy groups -OCH3 is 2. The van der Waals surface area contributed by atoms with E-state index in [4.69, 9.17) is 9.47 Å². The molecule has 0 unspecified atom stereocenters. The summed E-state index contributed by atoms with van der Waals surface area (Å²) in [4.78, 5) is 17.6. The summed E-state index contributed by atoms with van der Waals surface area (Å²) in [6.07, 6.45) is 4.34. The zero-order chi connectivity index (χ0) is 18.5. The van der Waals surface area contributed by atoms with Gasteiger partial charge in [0.25, 0.3) is 0 Å². The summed E-state index contributed by atoms with van der Waals surface area (Å²) in [5.74, 6) is 1.31. The first-order valence-corrected chi connectivity index (χ1v) is 9.80. The molecule has 1 atom stereocenters. The van der Waals surface area contributed by atoms with E-state index in [0.717, 1.165) is 32.2 Å². The van der Waals surface area contributed by atoms with E-state index in [0.29, 0.717) is 17.2 Å². The van der Waals surface area contributed by atoms with Gasteiger partial charge in [-0.25, -0.2) is 4.79 Å². The van der Waals surface area contributed by atoms with Gasteiger partial charge in [-0.15, -0.1) is 11.3 Å². The Hall–Kier alpha value is -2.21. The van der Waals surface area contributed by atoms with Crippen LogP contribution in [0.4, 0.5) is 10.5 Å². The van der Waals surface area contributed by atoms with E-state index in [1.807, 2.05) is 11.0 Å². The highest BCUT2D eigenvalue weighted by atomic mass is 32.1. The first kappa shape index (κ1) is 18.6. The molecule has 1 fully saturated rings. The maximum atomic E-state index is 13.1. The lowest BCUT2D eigenvalue weighted by molar-refractivity contribution is 0.190. The number of nitrogens with one attached hydrogen (secondary N) is 1. The van der Waals surface area contributed by atoms with E-state index in [1.165, 1.54) is 9.75 Å². The molecule has 0 aliphatic carbocycles. The quantitative estimate of drug-likeness (QED) is 0.798. The molecule has 0 bridgehead atoms. The minimum absolute atomic E-state index is 0.0884. The highest BCUT2D eigenvalue weighted by Gasteiger charge is 2.28. The summed E-state index contributed by atoms with van der Waals surface area (Å²) < 4.78 is 10.7. The molecule has 26 heavy (non-hydrogen) atoms. The summed E-state index contributed by atoms with van der Waals surface area (Å²) in [6, 6.07) is 9.74. The molecule has 1 saturated heterocycles. The molecule has 140 valence electrons. The SMILES string of the molecule is COc1ccc(OC)c(NC(=O)N2CCCCC[C@@H]2c2ccc(C)s2)c1. The maximum Gasteiger partial charge on any atom is 0.322 e. The molecule has 3 rings (SSSR count). The largest absolute Gasteiger partial charge is 0.497 e. The van der Waals surface area contributed by atoms with Gasteiger partial charge in [0.2, 0.25) is 0 Å². The van der Waals surface area contributed by atoms with Crippen molar-refractivity contribution in [1.82, 2.24) is 4.90 Å². The number of ether oxygens (including phenoxy) is 2. The van der Waals surface area contributed by atoms with E-state index in [-0.39, 0.29) is 12.1 Å². The molecule has 2 aromatic rings. The molecule has 1 aliphatic rings. The molecule has 2 amide bonds. The van der Waals surface area contributed by atoms with Crippen LogP contribution in [0, 0.1) is 6.92 Å². The normalized spacial score (nSPS) is 17.5. The van der Waals surface area contributed by atoms with Crippen LogP contribution in [0.1, 0.15) is 41.5 Å². The lowest BCUT2D eigenvalue weighted by Crippen LogP contribution is -2.37. The minimum atomic E-state index is -0.0884. The zero-order valence-electron chi connectivity index (χ0n) is 15.6. The first-order valence-electron chi connectivity index (χ1n) is 8.98. The van der Waals surface area contributed by atoms with Gasteiger partial charge in [-0.05, 0) is 44.0 Å². The number of hydrogen-bond donors (Lipinski definition) is 1. The number of urea groups is 1. The van der Waals surface area contributed by atoms with Crippen LogP contribution in [0.2, 0.25) is 0 Å². The molecule has 2 heterocycles. The van der Waals surface area contributed by atoms with E-state index < -0.39 is 0 Å². The number of anilines is 1. The summed E-state index contributed by atoms with van der Waals surface area (Å²) in [5.41, 5.74) is 0.627. The third-order valence-electron chi connectivity index (χ3n) is 4.75. The number of rotatable bonds is 4. The van der Waals surface area contributed by atoms with Crippen LogP contribution in [-0.4, -0.2) is 31.7 Å². The van der Waals surface area contributed by atoms with Crippen molar-refractivity contribution in [3.05, 3.63) is 40.1 Å². The molecule has 1 aromatic heterocycles. The Morgan fingerprint density at radius 3 is 2.69 bits per heavy atom. The van der Waals surface area contributed by atoms with Crippen LogP contribution in [0.25, 0.3) is 0 Å². The van der Waals surface area contributed by atoms with Crippen LogP contribution >= 0.6 is 11.3 Å². The van der Waals surface area contributed by atoms with Gasteiger partial charge in [0.15, 0.2) is 0 Å². The number of aryl methyl sites for hydroxylation is 1. The zero-order valence-corrected chi connectivity index (χ0v) is 16.4. The smallest absolute Gasteiger partial charge is 0.322 e. The standard InChI is InChI=1S/C20H26N2O3S/c1-14-8-11-19(26-14)17-7-5-4-6-12-22(17)20(23)21-16-13-15(24-2)9-10-18(16)25-3/h8-11,13,17H,4-7,12H2,1-3H3,(H,21,23)/t17-/m1/s1. The van der Waals surface area contributed by atoms with Gasteiger partial charge in [-0.3, -0.25) is 0 Å². The number of carbonyl (C=O) groups is 1. The predicted molar refractivity (Wildman–Crippen MR) is 106 cm³/mol. The lowest BCUT2D eigenvalue weighted by atomic mass is 10.1. The number of hydrogen-bond acceptors (Lipinski definition) is 4. The Labute approximate surface area is 158 Å². The Bertz CT molecular complexity index is 759. The molecule has 1 N–H and O–H groups in total. The second-order valence-corrected chi connectivity index (χ2v) is 7.82. The number of amides is 2. The Morgan fingerprint density at radius 1 is 1.15 bits per heavy atom. The number of likely N-dealkylation sites (tertiary alicyclic amines) is 1. The van der Waals surface area contributed by atoms with Crippen LogP contribution < -0.4 is 14.8 Å². The molecule has 0 spiro atoms. The fourth-order valence-corrected chi connectivity index (χ4v) is 4.40. The van der Waals surface area contributed by atoms with Crippen molar-refractivity contribution < 1.29 is 14.3 Å². The number of nitrogens with zero attached hydrogens (tertiary/aromatic N) is 1. The van der Waals surface area contributed by atoms with Gasteiger partial charge in [-0.2, -0.15) is 0 Å². The second kappa shape index (κ2) is 8.45. The molecule has 6 heteroatoms.